The van der Waals surface area contributed by atoms with Gasteiger partial charge < -0.3 is 8.83 Å². The molecule has 1 aliphatic rings. The molecule has 278 valence electrons. The summed E-state index contributed by atoms with van der Waals surface area (Å²) in [7, 11) is 0. The monoisotopic (exact) mass is 757 g/mol. The van der Waals surface area contributed by atoms with Gasteiger partial charge in [-0.2, -0.15) is 0 Å². The van der Waals surface area contributed by atoms with Gasteiger partial charge in [0.1, 0.15) is 22.3 Å². The van der Waals surface area contributed by atoms with Crippen LogP contribution < -0.4 is 0 Å². The lowest BCUT2D eigenvalue weighted by Crippen LogP contribution is -2.14. The minimum Gasteiger partial charge on any atom is -0.456 e. The van der Waals surface area contributed by atoms with Crippen LogP contribution in [0.3, 0.4) is 0 Å². The van der Waals surface area contributed by atoms with Crippen molar-refractivity contribution in [2.45, 2.75) is 19.3 Å². The molecule has 0 radical (unpaired) electrons. The standard InChI is InChI=1S/C54H35N3O2/c1-54(2)44-19-8-6-14-37(44)42-30-35(26-28-45(42)54)32-22-24-33(25-23-32)36-27-29-47-43(31-36)49-40(17-11-21-48(49)58-47)52-55-51(34-12-4-3-5-13-34)56-53(57-52)41-18-10-16-39-38-15-7-9-20-46(38)59-50(39)41/h3-31H,1-2H3. The Bertz CT molecular complexity index is 3470. The number of hydrogen-bond acceptors (Lipinski definition) is 5. The molecule has 0 aliphatic heterocycles. The van der Waals surface area contributed by atoms with Gasteiger partial charge in [0.25, 0.3) is 0 Å². The third kappa shape index (κ3) is 5.21. The fourth-order valence-corrected chi connectivity index (χ4v) is 9.20. The van der Waals surface area contributed by atoms with Gasteiger partial charge in [0.2, 0.25) is 0 Å². The molecule has 59 heavy (non-hydrogen) atoms. The maximum absolute atomic E-state index is 6.49. The minimum absolute atomic E-state index is 0.00974. The van der Waals surface area contributed by atoms with Gasteiger partial charge in [-0.3, -0.25) is 0 Å². The molecule has 0 unspecified atom stereocenters. The number of benzene rings is 8. The van der Waals surface area contributed by atoms with Crippen molar-refractivity contribution in [1.82, 2.24) is 15.0 Å². The summed E-state index contributed by atoms with van der Waals surface area (Å²) in [6, 6.07) is 61.4. The third-order valence-corrected chi connectivity index (χ3v) is 12.2. The number of furan rings is 2. The van der Waals surface area contributed by atoms with E-state index in [9.17, 15) is 0 Å². The number of fused-ring (bicyclic) bond motifs is 9. The Hall–Kier alpha value is -7.63. The van der Waals surface area contributed by atoms with Crippen molar-refractivity contribution in [1.29, 1.82) is 0 Å². The van der Waals surface area contributed by atoms with Crippen molar-refractivity contribution >= 4 is 43.9 Å². The highest BCUT2D eigenvalue weighted by Gasteiger charge is 2.35. The van der Waals surface area contributed by atoms with Crippen molar-refractivity contribution in [2.24, 2.45) is 0 Å². The fourth-order valence-electron chi connectivity index (χ4n) is 9.20. The summed E-state index contributed by atoms with van der Waals surface area (Å²) in [4.78, 5) is 15.4. The molecular weight excluding hydrogens is 723 g/mol. The van der Waals surface area contributed by atoms with E-state index in [0.717, 1.165) is 71.7 Å². The topological polar surface area (TPSA) is 65.0 Å². The number of rotatable bonds is 5. The van der Waals surface area contributed by atoms with E-state index in [0.29, 0.717) is 17.5 Å². The normalized spacial score (nSPS) is 13.1. The first kappa shape index (κ1) is 33.5. The highest BCUT2D eigenvalue weighted by atomic mass is 16.3. The van der Waals surface area contributed by atoms with Crippen LogP contribution >= 0.6 is 0 Å². The van der Waals surface area contributed by atoms with Crippen LogP contribution in [0, 0.1) is 0 Å². The molecule has 8 aromatic carbocycles. The van der Waals surface area contributed by atoms with Crippen LogP contribution in [0.2, 0.25) is 0 Å². The zero-order chi connectivity index (χ0) is 39.2. The Balaban J connectivity index is 0.971. The predicted molar refractivity (Wildman–Crippen MR) is 239 cm³/mol. The van der Waals surface area contributed by atoms with Crippen LogP contribution in [0.1, 0.15) is 25.0 Å². The molecule has 5 nitrogen and oxygen atoms in total. The average molecular weight is 758 g/mol. The summed E-state index contributed by atoms with van der Waals surface area (Å²) in [5, 5.41) is 4.03. The second-order valence-corrected chi connectivity index (χ2v) is 16.0. The molecule has 3 heterocycles. The summed E-state index contributed by atoms with van der Waals surface area (Å²) < 4.78 is 12.9. The number of aromatic nitrogens is 3. The molecule has 0 spiro atoms. The molecule has 0 saturated heterocycles. The van der Waals surface area contributed by atoms with Crippen LogP contribution in [0.5, 0.6) is 0 Å². The van der Waals surface area contributed by atoms with Crippen molar-refractivity contribution in [3.8, 4) is 67.5 Å². The number of para-hydroxylation sites is 2. The molecular formula is C54H35N3O2. The zero-order valence-electron chi connectivity index (χ0n) is 32.4. The second kappa shape index (κ2) is 12.7. The fraction of sp³-hybridized carbons (Fsp3) is 0.0556. The van der Waals surface area contributed by atoms with Crippen molar-refractivity contribution < 1.29 is 8.83 Å². The van der Waals surface area contributed by atoms with E-state index in [1.807, 2.05) is 72.8 Å². The number of nitrogens with zero attached hydrogens (tertiary/aromatic N) is 3. The largest absolute Gasteiger partial charge is 0.456 e. The zero-order valence-corrected chi connectivity index (χ0v) is 32.4. The average Bonchev–Trinajstić information content (AvgIpc) is 3.94. The lowest BCUT2D eigenvalue weighted by molar-refractivity contribution is 0.660. The maximum Gasteiger partial charge on any atom is 0.167 e. The van der Waals surface area contributed by atoms with E-state index in [1.165, 1.54) is 33.4 Å². The Kier molecular flexibility index (Phi) is 7.20. The van der Waals surface area contributed by atoms with Crippen LogP contribution in [-0.4, -0.2) is 15.0 Å². The molecule has 0 amide bonds. The van der Waals surface area contributed by atoms with E-state index >= 15 is 0 Å². The lowest BCUT2D eigenvalue weighted by Gasteiger charge is -2.21. The molecule has 0 N–H and O–H groups in total. The van der Waals surface area contributed by atoms with E-state index in [-0.39, 0.29) is 5.41 Å². The lowest BCUT2D eigenvalue weighted by atomic mass is 9.82. The Morgan fingerprint density at radius 3 is 1.78 bits per heavy atom. The summed E-state index contributed by atoms with van der Waals surface area (Å²) >= 11 is 0. The Morgan fingerprint density at radius 1 is 0.356 bits per heavy atom. The molecule has 5 heteroatoms. The molecule has 0 bridgehead atoms. The molecule has 3 aromatic heterocycles. The van der Waals surface area contributed by atoms with Gasteiger partial charge in [0.05, 0.1) is 5.56 Å². The van der Waals surface area contributed by atoms with Crippen LogP contribution in [0.15, 0.2) is 185 Å². The summed E-state index contributed by atoms with van der Waals surface area (Å²) in [6.07, 6.45) is 0. The maximum atomic E-state index is 6.49. The van der Waals surface area contributed by atoms with Gasteiger partial charge in [0.15, 0.2) is 17.5 Å². The minimum atomic E-state index is -0.00974. The van der Waals surface area contributed by atoms with E-state index in [4.69, 9.17) is 23.8 Å². The quantitative estimate of drug-likeness (QED) is 0.175. The first-order valence-electron chi connectivity index (χ1n) is 20.0. The SMILES string of the molecule is CC1(C)c2ccccc2-c2cc(-c3ccc(-c4ccc5oc6cccc(-c7nc(-c8ccccc8)nc(-c8cccc9c8oc8ccccc89)n7)c6c5c4)cc3)ccc21. The highest BCUT2D eigenvalue weighted by Crippen LogP contribution is 2.49. The van der Waals surface area contributed by atoms with Crippen molar-refractivity contribution in [3.63, 3.8) is 0 Å². The molecule has 11 aromatic rings. The molecule has 0 saturated carbocycles. The van der Waals surface area contributed by atoms with Crippen LogP contribution in [0.4, 0.5) is 0 Å². The molecule has 1 aliphatic carbocycles. The number of hydrogen-bond donors (Lipinski definition) is 0. The van der Waals surface area contributed by atoms with Gasteiger partial charge in [-0.15, -0.1) is 0 Å². The van der Waals surface area contributed by atoms with Crippen LogP contribution in [-0.2, 0) is 5.41 Å². The first-order chi connectivity index (χ1) is 29.0. The first-order valence-corrected chi connectivity index (χ1v) is 20.0. The highest BCUT2D eigenvalue weighted by molar-refractivity contribution is 6.13. The van der Waals surface area contributed by atoms with Crippen molar-refractivity contribution in [3.05, 3.63) is 187 Å². The van der Waals surface area contributed by atoms with Crippen LogP contribution in [0.25, 0.3) is 111 Å². The van der Waals surface area contributed by atoms with Crippen molar-refractivity contribution in [2.75, 3.05) is 0 Å². The second-order valence-electron chi connectivity index (χ2n) is 16.0. The summed E-state index contributed by atoms with van der Waals surface area (Å²) in [6.45, 7) is 4.64. The molecule has 0 fully saturated rings. The predicted octanol–water partition coefficient (Wildman–Crippen LogP) is 14.3. The summed E-state index contributed by atoms with van der Waals surface area (Å²) in [5.41, 5.74) is 15.8. The van der Waals surface area contributed by atoms with Gasteiger partial charge in [0, 0.05) is 38.1 Å². The van der Waals surface area contributed by atoms with Gasteiger partial charge in [-0.25, -0.2) is 15.0 Å². The van der Waals surface area contributed by atoms with E-state index in [1.54, 1.807) is 0 Å². The van der Waals surface area contributed by atoms with Gasteiger partial charge >= 0.3 is 0 Å². The molecule has 12 rings (SSSR count). The third-order valence-electron chi connectivity index (χ3n) is 12.2. The van der Waals surface area contributed by atoms with Gasteiger partial charge in [-0.1, -0.05) is 153 Å². The smallest absolute Gasteiger partial charge is 0.167 e. The Morgan fingerprint density at radius 2 is 0.932 bits per heavy atom. The van der Waals surface area contributed by atoms with E-state index < -0.39 is 0 Å². The Labute approximate surface area is 340 Å². The van der Waals surface area contributed by atoms with E-state index in [2.05, 4.69) is 117 Å². The molecule has 0 atom stereocenters. The summed E-state index contributed by atoms with van der Waals surface area (Å²) in [5.74, 6) is 1.69. The van der Waals surface area contributed by atoms with Gasteiger partial charge in [-0.05, 0) is 80.9 Å².